The molecule has 9 nitrogen and oxygen atoms in total. The van der Waals surface area contributed by atoms with Crippen LogP contribution >= 0.6 is 7.82 Å². The van der Waals surface area contributed by atoms with Crippen molar-refractivity contribution in [1.29, 1.82) is 0 Å². The standard InChI is InChI=1S/C13H13O9P.2K/c14-9-11(22-23(16,17)18)10(21-12(9)15)8-6-19-13(20-8)7-4-2-1-3-5-7;;/h1-5,8,10,13-14H,6H2,(H2,16,17,18);;/q;2*+1/p-2/t8-,10+,13?;;/m0../s1. The van der Waals surface area contributed by atoms with Gasteiger partial charge < -0.3 is 38.2 Å². The Morgan fingerprint density at radius 2 is 1.84 bits per heavy atom. The number of aliphatic hydroxyl groups excluding tert-OH is 1. The van der Waals surface area contributed by atoms with E-state index in [4.69, 9.17) is 14.2 Å². The Hall–Kier alpha value is 1.37. The molecule has 3 atom stereocenters. The first-order chi connectivity index (χ1) is 10.8. The molecule has 25 heavy (non-hydrogen) atoms. The van der Waals surface area contributed by atoms with E-state index in [-0.39, 0.29) is 109 Å². The first-order valence-electron chi connectivity index (χ1n) is 6.53. The monoisotopic (exact) mass is 420 g/mol. The number of cyclic esters (lactones) is 1. The molecule has 2 heterocycles. The summed E-state index contributed by atoms with van der Waals surface area (Å²) in [4.78, 5) is 32.9. The Bertz CT molecular complexity index is 690. The van der Waals surface area contributed by atoms with Gasteiger partial charge in [0.05, 0.1) is 6.61 Å². The predicted molar refractivity (Wildman–Crippen MR) is 68.2 cm³/mol. The summed E-state index contributed by atoms with van der Waals surface area (Å²) in [5.41, 5.74) is 0.702. The fraction of sp³-hybridized carbons (Fsp3) is 0.308. The van der Waals surface area contributed by atoms with Gasteiger partial charge in [-0.2, -0.15) is 0 Å². The number of ether oxygens (including phenoxy) is 3. The minimum absolute atomic E-state index is 0. The van der Waals surface area contributed by atoms with Crippen LogP contribution in [0, 0.1) is 0 Å². The van der Waals surface area contributed by atoms with Gasteiger partial charge in [-0.3, -0.25) is 0 Å². The van der Waals surface area contributed by atoms with E-state index in [1.165, 1.54) is 0 Å². The van der Waals surface area contributed by atoms with Crippen molar-refractivity contribution >= 4 is 13.8 Å². The van der Waals surface area contributed by atoms with Crippen LogP contribution in [0.1, 0.15) is 11.9 Å². The molecule has 0 spiro atoms. The molecule has 1 aromatic rings. The van der Waals surface area contributed by atoms with Crippen molar-refractivity contribution in [2.75, 3.05) is 6.61 Å². The molecule has 124 valence electrons. The second-order valence-corrected chi connectivity index (χ2v) is 5.90. The van der Waals surface area contributed by atoms with Gasteiger partial charge in [0.15, 0.2) is 18.2 Å². The summed E-state index contributed by atoms with van der Waals surface area (Å²) in [5, 5.41) is 9.52. The molecule has 1 unspecified atom stereocenters. The zero-order valence-corrected chi connectivity index (χ0v) is 20.6. The van der Waals surface area contributed by atoms with Gasteiger partial charge in [0.1, 0.15) is 13.9 Å². The van der Waals surface area contributed by atoms with E-state index in [1.807, 2.05) is 0 Å². The fourth-order valence-corrected chi connectivity index (χ4v) is 2.71. The average molecular weight is 420 g/mol. The van der Waals surface area contributed by atoms with E-state index < -0.39 is 43.8 Å². The van der Waals surface area contributed by atoms with Crippen LogP contribution in [0.5, 0.6) is 0 Å². The zero-order valence-electron chi connectivity index (χ0n) is 13.5. The maximum absolute atomic E-state index is 11.4. The molecule has 0 radical (unpaired) electrons. The number of aliphatic hydroxyl groups is 1. The third-order valence-electron chi connectivity index (χ3n) is 3.25. The Kier molecular flexibility index (Phi) is 9.99. The van der Waals surface area contributed by atoms with Crippen LogP contribution in [-0.2, 0) is 28.1 Å². The van der Waals surface area contributed by atoms with Gasteiger partial charge in [-0.15, -0.1) is 0 Å². The van der Waals surface area contributed by atoms with Crippen molar-refractivity contribution in [3.8, 4) is 0 Å². The van der Waals surface area contributed by atoms with Crippen molar-refractivity contribution in [1.82, 2.24) is 0 Å². The molecule has 12 heteroatoms. The quantitative estimate of drug-likeness (QED) is 0.286. The fourth-order valence-electron chi connectivity index (χ4n) is 2.28. The Balaban J connectivity index is 0.00000156. The number of carbonyl (C=O) groups excluding carboxylic acids is 1. The van der Waals surface area contributed by atoms with Gasteiger partial charge in [-0.05, 0) is 0 Å². The normalized spacial score (nSPS) is 25.8. The van der Waals surface area contributed by atoms with Crippen molar-refractivity contribution < 1.29 is 146 Å². The Labute approximate surface area is 228 Å². The number of esters is 1. The van der Waals surface area contributed by atoms with Gasteiger partial charge in [0.25, 0.3) is 0 Å². The molecule has 3 rings (SSSR count). The zero-order chi connectivity index (χ0) is 16.6. The summed E-state index contributed by atoms with van der Waals surface area (Å²) in [7, 11) is -5.48. The number of rotatable bonds is 4. The summed E-state index contributed by atoms with van der Waals surface area (Å²) in [6.45, 7) is -0.0559. The third kappa shape index (κ3) is 6.18. The van der Waals surface area contributed by atoms with Gasteiger partial charge in [0, 0.05) is 5.56 Å². The van der Waals surface area contributed by atoms with Crippen molar-refractivity contribution in [2.45, 2.75) is 18.5 Å². The number of hydrogen-bond donors (Lipinski definition) is 1. The number of hydrogen-bond acceptors (Lipinski definition) is 9. The van der Waals surface area contributed by atoms with Crippen LogP contribution in [0.4, 0.5) is 0 Å². The van der Waals surface area contributed by atoms with E-state index >= 15 is 0 Å². The van der Waals surface area contributed by atoms with Gasteiger partial charge >= 0.3 is 109 Å². The molecule has 0 amide bonds. The van der Waals surface area contributed by atoms with Crippen molar-refractivity contribution in [3.63, 3.8) is 0 Å². The van der Waals surface area contributed by atoms with E-state index in [9.17, 15) is 24.3 Å². The van der Waals surface area contributed by atoms with E-state index in [0.717, 1.165) is 0 Å². The first kappa shape index (κ1) is 24.4. The number of phosphoric ester groups is 1. The van der Waals surface area contributed by atoms with Crippen LogP contribution in [-0.4, -0.2) is 29.9 Å². The molecular formula is C13H11K2O9P. The van der Waals surface area contributed by atoms with E-state index in [1.54, 1.807) is 30.3 Å². The Morgan fingerprint density at radius 1 is 1.20 bits per heavy atom. The number of carbonyl (C=O) groups is 1. The second kappa shape index (κ2) is 10.2. The molecule has 1 fully saturated rings. The summed E-state index contributed by atoms with van der Waals surface area (Å²) in [6.07, 6.45) is -3.07. The maximum Gasteiger partial charge on any atom is 1.00 e. The SMILES string of the molecule is O=C1O[C@H]([C@@H]2COC(c3ccccc3)O2)C(OP(=O)([O-])[O-])=C1O.[K+].[K+]. The molecule has 0 saturated carbocycles. The van der Waals surface area contributed by atoms with Crippen LogP contribution in [0.3, 0.4) is 0 Å². The van der Waals surface area contributed by atoms with Crippen LogP contribution in [0.2, 0.25) is 0 Å². The molecule has 1 aromatic carbocycles. The smallest absolute Gasteiger partial charge is 0.780 e. The molecule has 0 bridgehead atoms. The average Bonchev–Trinajstić information content (AvgIpc) is 3.08. The second-order valence-electron chi connectivity index (χ2n) is 4.83. The minimum Gasteiger partial charge on any atom is -0.780 e. The molecule has 1 N–H and O–H groups in total. The number of phosphoric acid groups is 1. The first-order valence-corrected chi connectivity index (χ1v) is 7.99. The molecular weight excluding hydrogens is 409 g/mol. The topological polar surface area (TPSA) is 137 Å². The van der Waals surface area contributed by atoms with Gasteiger partial charge in [-0.1, -0.05) is 30.3 Å². The molecule has 2 aliphatic heterocycles. The largest absolute Gasteiger partial charge is 1.00 e. The molecule has 0 aromatic heterocycles. The summed E-state index contributed by atoms with van der Waals surface area (Å²) in [5.74, 6) is -3.07. The summed E-state index contributed by atoms with van der Waals surface area (Å²) < 4.78 is 30.7. The van der Waals surface area contributed by atoms with Gasteiger partial charge in [-0.25, -0.2) is 4.79 Å². The predicted octanol–water partition coefficient (Wildman–Crippen LogP) is -6.35. The van der Waals surface area contributed by atoms with Crippen LogP contribution in [0.25, 0.3) is 0 Å². The van der Waals surface area contributed by atoms with Crippen molar-refractivity contribution in [3.05, 3.63) is 47.4 Å². The van der Waals surface area contributed by atoms with E-state index in [0.29, 0.717) is 5.56 Å². The van der Waals surface area contributed by atoms with Crippen LogP contribution < -0.4 is 113 Å². The molecule has 1 saturated heterocycles. The molecule has 2 aliphatic rings. The van der Waals surface area contributed by atoms with E-state index in [2.05, 4.69) is 4.52 Å². The molecule has 0 aliphatic carbocycles. The maximum atomic E-state index is 11.4. The van der Waals surface area contributed by atoms with Crippen LogP contribution in [0.15, 0.2) is 41.9 Å². The third-order valence-corrected chi connectivity index (χ3v) is 3.67. The Morgan fingerprint density at radius 3 is 2.44 bits per heavy atom. The minimum atomic E-state index is -5.48. The summed E-state index contributed by atoms with van der Waals surface area (Å²) >= 11 is 0. The van der Waals surface area contributed by atoms with Gasteiger partial charge in [0.2, 0.25) is 5.76 Å². The van der Waals surface area contributed by atoms with Crippen molar-refractivity contribution in [2.24, 2.45) is 0 Å². The number of benzene rings is 1. The summed E-state index contributed by atoms with van der Waals surface area (Å²) in [6, 6.07) is 8.86.